The molecule has 0 bridgehead atoms. The maximum atomic E-state index is 12.5. The second-order valence-corrected chi connectivity index (χ2v) is 8.80. The lowest BCUT2D eigenvalue weighted by Crippen LogP contribution is -2.45. The number of thiol groups is 1. The van der Waals surface area contributed by atoms with E-state index in [0.717, 1.165) is 35.1 Å². The maximum Gasteiger partial charge on any atom is 0.168 e. The van der Waals surface area contributed by atoms with Gasteiger partial charge in [-0.2, -0.15) is 12.6 Å². The second kappa shape index (κ2) is 6.31. The van der Waals surface area contributed by atoms with E-state index >= 15 is 0 Å². The van der Waals surface area contributed by atoms with Crippen molar-refractivity contribution in [2.75, 3.05) is 0 Å². The van der Waals surface area contributed by atoms with E-state index < -0.39 is 4.75 Å². The van der Waals surface area contributed by atoms with Gasteiger partial charge in [0, 0.05) is 17.7 Å². The maximum absolute atomic E-state index is 12.5. The summed E-state index contributed by atoms with van der Waals surface area (Å²) in [6, 6.07) is 3.69. The van der Waals surface area contributed by atoms with Gasteiger partial charge in [-0.25, -0.2) is 0 Å². The van der Waals surface area contributed by atoms with Gasteiger partial charge in [-0.1, -0.05) is 32.2 Å². The number of Topliss-reactive ketones (excluding diaryl/α,β-unsaturated/α-hetero) is 1. The van der Waals surface area contributed by atoms with E-state index in [1.54, 1.807) is 6.07 Å². The van der Waals surface area contributed by atoms with Gasteiger partial charge < -0.3 is 15.9 Å². The molecule has 0 fully saturated rings. The Morgan fingerprint density at radius 1 is 1.36 bits per heavy atom. The molecule has 28 heavy (non-hydrogen) atoms. The summed E-state index contributed by atoms with van der Waals surface area (Å²) in [6.07, 6.45) is 4.58. The zero-order valence-corrected chi connectivity index (χ0v) is 16.9. The second-order valence-electron chi connectivity index (χ2n) is 8.06. The van der Waals surface area contributed by atoms with Crippen molar-refractivity contribution in [2.24, 2.45) is 17.6 Å². The predicted octanol–water partition coefficient (Wildman–Crippen LogP) is 4.01. The van der Waals surface area contributed by atoms with Crippen LogP contribution < -0.4 is 5.73 Å². The molecule has 2 unspecified atom stereocenters. The normalized spacial score (nSPS) is 29.0. The summed E-state index contributed by atoms with van der Waals surface area (Å²) in [7, 11) is 0. The quantitative estimate of drug-likeness (QED) is 0.570. The number of aryl methyl sites for hydroxylation is 1. The Morgan fingerprint density at radius 3 is 2.71 bits per heavy atom. The Hall–Kier alpha value is -2.40. The van der Waals surface area contributed by atoms with Gasteiger partial charge in [0.1, 0.15) is 11.5 Å². The first-order valence-corrected chi connectivity index (χ1v) is 10.0. The number of ketones is 1. The summed E-state index contributed by atoms with van der Waals surface area (Å²) in [5, 5.41) is 21.4. The fourth-order valence-corrected chi connectivity index (χ4v) is 5.56. The van der Waals surface area contributed by atoms with Crippen LogP contribution in [0.25, 0.3) is 5.57 Å². The first-order chi connectivity index (χ1) is 13.2. The molecular formula is C23H25NO3S. The highest BCUT2D eigenvalue weighted by Crippen LogP contribution is 2.55. The first-order valence-electron chi connectivity index (χ1n) is 9.59. The van der Waals surface area contributed by atoms with Gasteiger partial charge in [-0.3, -0.25) is 4.79 Å². The van der Waals surface area contributed by atoms with Crippen LogP contribution >= 0.6 is 12.6 Å². The van der Waals surface area contributed by atoms with E-state index in [2.05, 4.69) is 20.1 Å². The molecule has 0 spiro atoms. The topological polar surface area (TPSA) is 83.6 Å². The number of nitrogens with two attached hydrogens (primary N) is 1. The van der Waals surface area contributed by atoms with Crippen molar-refractivity contribution in [3.05, 3.63) is 70.7 Å². The lowest BCUT2D eigenvalue weighted by Gasteiger charge is -2.46. The van der Waals surface area contributed by atoms with Crippen LogP contribution in [0.5, 0.6) is 5.75 Å². The van der Waals surface area contributed by atoms with Crippen molar-refractivity contribution in [3.63, 3.8) is 0 Å². The van der Waals surface area contributed by atoms with Crippen molar-refractivity contribution in [3.8, 4) is 5.75 Å². The number of phenols is 1. The number of hydrogen-bond donors (Lipinski definition) is 4. The average molecular weight is 396 g/mol. The monoisotopic (exact) mass is 395 g/mol. The standard InChI is InChI=1S/C23H25NO3S/c1-4-13-5-6-18(25)20-11(2)17-10-23(28)15(7-14(17)8-16(13)20)9-19(26)21(12(3)24)22(23)27/h5-6,10,14-15,25,27-28H,2-4,7-9,24H2,1H3/t14?,15?,23-/m1/s1. The number of allylic oxidation sites excluding steroid dienone is 3. The number of phenolic OH excluding ortho intramolecular Hbond substituents is 1. The van der Waals surface area contributed by atoms with Crippen LogP contribution in [-0.4, -0.2) is 20.7 Å². The third-order valence-electron chi connectivity index (χ3n) is 6.52. The zero-order valence-electron chi connectivity index (χ0n) is 16.0. The number of fused-ring (bicyclic) bond motifs is 3. The number of aliphatic hydroxyl groups is 1. The highest BCUT2D eigenvalue weighted by atomic mass is 32.1. The first kappa shape index (κ1) is 18.9. The van der Waals surface area contributed by atoms with Crippen LogP contribution in [0.15, 0.2) is 54.0 Å². The third-order valence-corrected chi connectivity index (χ3v) is 7.23. The van der Waals surface area contributed by atoms with Gasteiger partial charge in [-0.05, 0) is 59.4 Å². The lowest BCUT2D eigenvalue weighted by molar-refractivity contribution is -0.117. The number of benzene rings is 1. The van der Waals surface area contributed by atoms with Crippen molar-refractivity contribution < 1.29 is 15.0 Å². The van der Waals surface area contributed by atoms with E-state index in [9.17, 15) is 15.0 Å². The minimum atomic E-state index is -0.990. The van der Waals surface area contributed by atoms with Crippen LogP contribution in [0.1, 0.15) is 36.5 Å². The molecule has 1 aromatic carbocycles. The number of carbonyl (C=O) groups excluding carboxylic acids is 1. The molecule has 3 atom stereocenters. The summed E-state index contributed by atoms with van der Waals surface area (Å²) in [6.45, 7) is 10.0. The van der Waals surface area contributed by atoms with Crippen molar-refractivity contribution in [1.82, 2.24) is 0 Å². The molecular weight excluding hydrogens is 370 g/mol. The molecule has 146 valence electrons. The molecule has 0 aliphatic heterocycles. The SMILES string of the molecule is C=C(N)C1=C(O)[C@@]2(S)C=C3C(=C)c4c(O)ccc(CC)c4CC3CC2CC1=O. The number of rotatable bonds is 2. The van der Waals surface area contributed by atoms with Crippen LogP contribution in [0.3, 0.4) is 0 Å². The highest BCUT2D eigenvalue weighted by Gasteiger charge is 2.50. The van der Waals surface area contributed by atoms with Crippen LogP contribution in [-0.2, 0) is 17.6 Å². The van der Waals surface area contributed by atoms with Crippen molar-refractivity contribution in [2.45, 2.75) is 37.4 Å². The fourth-order valence-electron chi connectivity index (χ4n) is 5.11. The molecule has 3 aliphatic rings. The Morgan fingerprint density at radius 2 is 2.07 bits per heavy atom. The van der Waals surface area contributed by atoms with E-state index in [-0.39, 0.29) is 46.8 Å². The van der Waals surface area contributed by atoms with Crippen molar-refractivity contribution >= 4 is 24.0 Å². The average Bonchev–Trinajstić information content (AvgIpc) is 2.62. The molecule has 0 radical (unpaired) electrons. The summed E-state index contributed by atoms with van der Waals surface area (Å²) >= 11 is 4.82. The van der Waals surface area contributed by atoms with Crippen LogP contribution in [0.4, 0.5) is 0 Å². The predicted molar refractivity (Wildman–Crippen MR) is 114 cm³/mol. The molecule has 4 N–H and O–H groups in total. The van der Waals surface area contributed by atoms with Gasteiger partial charge in [0.25, 0.3) is 0 Å². The van der Waals surface area contributed by atoms with Crippen molar-refractivity contribution in [1.29, 1.82) is 0 Å². The number of aliphatic hydroxyl groups excluding tert-OH is 1. The van der Waals surface area contributed by atoms with E-state index in [4.69, 9.17) is 18.4 Å². The van der Waals surface area contributed by atoms with Gasteiger partial charge >= 0.3 is 0 Å². The highest BCUT2D eigenvalue weighted by molar-refractivity contribution is 7.82. The molecule has 0 saturated heterocycles. The largest absolute Gasteiger partial charge is 0.510 e. The molecule has 1 aromatic rings. The molecule has 0 saturated carbocycles. The third kappa shape index (κ3) is 2.49. The summed E-state index contributed by atoms with van der Waals surface area (Å²) in [5.41, 5.74) is 10.8. The Bertz CT molecular complexity index is 1000. The molecule has 5 heteroatoms. The van der Waals surface area contributed by atoms with Gasteiger partial charge in [-0.15, -0.1) is 0 Å². The number of carbonyl (C=O) groups is 1. The van der Waals surface area contributed by atoms with Gasteiger partial charge in [0.15, 0.2) is 5.78 Å². The Kier molecular flexibility index (Phi) is 4.27. The smallest absolute Gasteiger partial charge is 0.168 e. The van der Waals surface area contributed by atoms with E-state index in [1.165, 1.54) is 5.56 Å². The van der Waals surface area contributed by atoms with Crippen LogP contribution in [0.2, 0.25) is 0 Å². The fraction of sp³-hybridized carbons (Fsp3) is 0.348. The molecule has 3 aliphatic carbocycles. The number of hydrogen-bond acceptors (Lipinski definition) is 5. The van der Waals surface area contributed by atoms with Gasteiger partial charge in [0.2, 0.25) is 0 Å². The van der Waals surface area contributed by atoms with E-state index in [0.29, 0.717) is 6.42 Å². The Balaban J connectivity index is 1.89. The molecule has 4 nitrogen and oxygen atoms in total. The Labute approximate surface area is 170 Å². The minimum Gasteiger partial charge on any atom is -0.510 e. The molecule has 4 rings (SSSR count). The molecule has 0 aromatic heterocycles. The minimum absolute atomic E-state index is 0.0629. The van der Waals surface area contributed by atoms with Gasteiger partial charge in [0.05, 0.1) is 10.3 Å². The summed E-state index contributed by atoms with van der Waals surface area (Å²) in [4.78, 5) is 12.5. The summed E-state index contributed by atoms with van der Waals surface area (Å²) < 4.78 is -0.990. The molecule has 0 amide bonds. The van der Waals surface area contributed by atoms with E-state index in [1.807, 2.05) is 12.1 Å². The zero-order chi connectivity index (χ0) is 20.4. The summed E-state index contributed by atoms with van der Waals surface area (Å²) in [5.74, 6) is -0.0295. The van der Waals surface area contributed by atoms with Crippen LogP contribution in [0, 0.1) is 11.8 Å². The number of aromatic hydroxyl groups is 1. The molecule has 0 heterocycles. The lowest BCUT2D eigenvalue weighted by atomic mass is 9.62.